The summed E-state index contributed by atoms with van der Waals surface area (Å²) in [4.78, 5) is 0. The fourth-order valence-corrected chi connectivity index (χ4v) is 2.29. The van der Waals surface area contributed by atoms with Crippen LogP contribution in [0.3, 0.4) is 0 Å². The molecule has 0 saturated carbocycles. The van der Waals surface area contributed by atoms with E-state index < -0.39 is 11.7 Å². The van der Waals surface area contributed by atoms with Gasteiger partial charge in [0.1, 0.15) is 5.75 Å². The second-order valence-electron chi connectivity index (χ2n) is 4.31. The average Bonchev–Trinajstić information content (AvgIpc) is 2.39. The monoisotopic (exact) mass is 360 g/mol. The van der Waals surface area contributed by atoms with Crippen molar-refractivity contribution in [3.05, 3.63) is 46.4 Å². The maximum Gasteiger partial charge on any atom is 0.418 e. The summed E-state index contributed by atoms with van der Waals surface area (Å²) in [6.07, 6.45) is -4.49. The van der Waals surface area contributed by atoms with E-state index in [1.54, 1.807) is 18.2 Å². The third-order valence-corrected chi connectivity index (χ3v) is 3.19. The molecule has 0 aromatic heterocycles. The van der Waals surface area contributed by atoms with Crippen molar-refractivity contribution in [1.82, 2.24) is 0 Å². The minimum atomic E-state index is -4.49. The SMILES string of the molecule is COc1cc(Br)cc(Nc2ccc(N)cc2C(F)(F)F)c1. The van der Waals surface area contributed by atoms with Gasteiger partial charge < -0.3 is 15.8 Å². The number of nitrogen functional groups attached to an aromatic ring is 1. The molecule has 7 heteroatoms. The molecule has 2 rings (SSSR count). The molecule has 2 aromatic carbocycles. The summed E-state index contributed by atoms with van der Waals surface area (Å²) in [5.74, 6) is 0.524. The van der Waals surface area contributed by atoms with Crippen LogP contribution in [0.5, 0.6) is 5.75 Å². The van der Waals surface area contributed by atoms with Crippen LogP contribution in [-0.4, -0.2) is 7.11 Å². The molecular weight excluding hydrogens is 349 g/mol. The van der Waals surface area contributed by atoms with Gasteiger partial charge in [-0.25, -0.2) is 0 Å². The fourth-order valence-electron chi connectivity index (χ4n) is 1.81. The van der Waals surface area contributed by atoms with E-state index in [4.69, 9.17) is 10.5 Å². The lowest BCUT2D eigenvalue weighted by molar-refractivity contribution is -0.136. The van der Waals surface area contributed by atoms with E-state index in [0.29, 0.717) is 15.9 Å². The molecular formula is C14H12BrF3N2O. The standard InChI is InChI=1S/C14H12BrF3N2O/c1-21-11-5-8(15)4-10(7-11)20-13-3-2-9(19)6-12(13)14(16,17)18/h2-7,20H,19H2,1H3. The zero-order valence-electron chi connectivity index (χ0n) is 11.0. The third-order valence-electron chi connectivity index (χ3n) is 2.74. The lowest BCUT2D eigenvalue weighted by atomic mass is 10.1. The van der Waals surface area contributed by atoms with Crippen molar-refractivity contribution in [3.63, 3.8) is 0 Å². The predicted octanol–water partition coefficient (Wildman–Crippen LogP) is 4.80. The Morgan fingerprint density at radius 2 is 1.86 bits per heavy atom. The van der Waals surface area contributed by atoms with Gasteiger partial charge in [0.25, 0.3) is 0 Å². The summed E-state index contributed by atoms with van der Waals surface area (Å²) in [7, 11) is 1.48. The number of nitrogens with two attached hydrogens (primary N) is 1. The number of benzene rings is 2. The lowest BCUT2D eigenvalue weighted by Gasteiger charge is -2.16. The van der Waals surface area contributed by atoms with Gasteiger partial charge in [-0.1, -0.05) is 15.9 Å². The van der Waals surface area contributed by atoms with Crippen molar-refractivity contribution in [2.75, 3.05) is 18.2 Å². The Hall–Kier alpha value is -1.89. The van der Waals surface area contributed by atoms with Crippen molar-refractivity contribution in [3.8, 4) is 5.75 Å². The zero-order valence-corrected chi connectivity index (χ0v) is 12.5. The van der Waals surface area contributed by atoms with E-state index >= 15 is 0 Å². The number of nitrogens with one attached hydrogen (secondary N) is 1. The first-order chi connectivity index (χ1) is 9.79. The van der Waals surface area contributed by atoms with E-state index in [2.05, 4.69) is 21.2 Å². The highest BCUT2D eigenvalue weighted by atomic mass is 79.9. The first-order valence-corrected chi connectivity index (χ1v) is 6.67. The third kappa shape index (κ3) is 3.81. The molecule has 0 aliphatic rings. The van der Waals surface area contributed by atoms with Gasteiger partial charge in [0.05, 0.1) is 18.4 Å². The molecule has 112 valence electrons. The number of rotatable bonds is 3. The Bertz CT molecular complexity index is 659. The quantitative estimate of drug-likeness (QED) is 0.772. The second-order valence-corrected chi connectivity index (χ2v) is 5.22. The number of methoxy groups -OCH3 is 1. The van der Waals surface area contributed by atoms with Crippen LogP contribution >= 0.6 is 15.9 Å². The van der Waals surface area contributed by atoms with Crippen LogP contribution in [0.1, 0.15) is 5.56 Å². The van der Waals surface area contributed by atoms with Crippen LogP contribution in [0.25, 0.3) is 0 Å². The summed E-state index contributed by atoms with van der Waals surface area (Å²) in [6.45, 7) is 0. The molecule has 0 aliphatic heterocycles. The highest BCUT2D eigenvalue weighted by Crippen LogP contribution is 2.38. The van der Waals surface area contributed by atoms with Crippen molar-refractivity contribution in [1.29, 1.82) is 0 Å². The molecule has 3 nitrogen and oxygen atoms in total. The van der Waals surface area contributed by atoms with E-state index in [0.717, 1.165) is 6.07 Å². The highest BCUT2D eigenvalue weighted by Gasteiger charge is 2.33. The van der Waals surface area contributed by atoms with Crippen molar-refractivity contribution >= 4 is 33.0 Å². The van der Waals surface area contributed by atoms with E-state index in [9.17, 15) is 13.2 Å². The maximum absolute atomic E-state index is 13.0. The van der Waals surface area contributed by atoms with Crippen LogP contribution in [-0.2, 0) is 6.18 Å². The van der Waals surface area contributed by atoms with Crippen molar-refractivity contribution in [2.45, 2.75) is 6.18 Å². The van der Waals surface area contributed by atoms with Gasteiger partial charge in [0, 0.05) is 21.9 Å². The summed E-state index contributed by atoms with van der Waals surface area (Å²) >= 11 is 3.27. The van der Waals surface area contributed by atoms with E-state index in [-0.39, 0.29) is 11.4 Å². The zero-order chi connectivity index (χ0) is 15.6. The molecule has 2 aromatic rings. The smallest absolute Gasteiger partial charge is 0.418 e. The van der Waals surface area contributed by atoms with Crippen molar-refractivity contribution < 1.29 is 17.9 Å². The molecule has 21 heavy (non-hydrogen) atoms. The maximum atomic E-state index is 13.0. The van der Waals surface area contributed by atoms with Crippen LogP contribution in [0.15, 0.2) is 40.9 Å². The molecule has 0 fully saturated rings. The largest absolute Gasteiger partial charge is 0.497 e. The van der Waals surface area contributed by atoms with Crippen LogP contribution in [0.2, 0.25) is 0 Å². The molecule has 0 radical (unpaired) electrons. The first-order valence-electron chi connectivity index (χ1n) is 5.88. The minimum Gasteiger partial charge on any atom is -0.497 e. The number of halogens is 4. The Balaban J connectivity index is 2.42. The molecule has 0 aliphatic carbocycles. The molecule has 0 heterocycles. The van der Waals surface area contributed by atoms with Gasteiger partial charge in [-0.2, -0.15) is 13.2 Å². The summed E-state index contributed by atoms with van der Waals surface area (Å²) in [6, 6.07) is 8.56. The Morgan fingerprint density at radius 1 is 1.14 bits per heavy atom. The second kappa shape index (κ2) is 5.85. The summed E-state index contributed by atoms with van der Waals surface area (Å²) in [5, 5.41) is 2.74. The fraction of sp³-hybridized carbons (Fsp3) is 0.143. The minimum absolute atomic E-state index is 0.0553. The molecule has 0 amide bonds. The number of ether oxygens (including phenoxy) is 1. The lowest BCUT2D eigenvalue weighted by Crippen LogP contribution is -2.09. The van der Waals surface area contributed by atoms with Gasteiger partial charge in [0.15, 0.2) is 0 Å². The van der Waals surface area contributed by atoms with Crippen LogP contribution in [0.4, 0.5) is 30.2 Å². The topological polar surface area (TPSA) is 47.3 Å². The molecule has 0 saturated heterocycles. The van der Waals surface area contributed by atoms with Gasteiger partial charge >= 0.3 is 6.18 Å². The molecule has 0 bridgehead atoms. The highest BCUT2D eigenvalue weighted by molar-refractivity contribution is 9.10. The number of alkyl halides is 3. The number of hydrogen-bond donors (Lipinski definition) is 2. The average molecular weight is 361 g/mol. The number of hydrogen-bond acceptors (Lipinski definition) is 3. The molecule has 0 unspecified atom stereocenters. The van der Waals surface area contributed by atoms with Gasteiger partial charge in [0.2, 0.25) is 0 Å². The number of anilines is 3. The predicted molar refractivity (Wildman–Crippen MR) is 79.8 cm³/mol. The summed E-state index contributed by atoms with van der Waals surface area (Å²) in [5.41, 5.74) is 5.07. The Kier molecular flexibility index (Phi) is 4.32. The van der Waals surface area contributed by atoms with E-state index in [1.807, 2.05) is 0 Å². The van der Waals surface area contributed by atoms with Crippen molar-refractivity contribution in [2.24, 2.45) is 0 Å². The van der Waals surface area contributed by atoms with Gasteiger partial charge in [-0.15, -0.1) is 0 Å². The summed E-state index contributed by atoms with van der Waals surface area (Å²) < 4.78 is 44.8. The molecule has 3 N–H and O–H groups in total. The van der Waals surface area contributed by atoms with E-state index in [1.165, 1.54) is 19.2 Å². The molecule has 0 spiro atoms. The van der Waals surface area contributed by atoms with Gasteiger partial charge in [-0.3, -0.25) is 0 Å². The van der Waals surface area contributed by atoms with Crippen LogP contribution < -0.4 is 15.8 Å². The normalized spacial score (nSPS) is 11.3. The van der Waals surface area contributed by atoms with Crippen LogP contribution in [0, 0.1) is 0 Å². The van der Waals surface area contributed by atoms with Gasteiger partial charge in [-0.05, 0) is 30.3 Å². The molecule has 0 atom stereocenters. The first kappa shape index (κ1) is 15.5. The Morgan fingerprint density at radius 3 is 2.48 bits per heavy atom. The Labute approximate surface area is 128 Å².